The number of amides is 2. The molecular weight excluding hydrogens is 228 g/mol. The Morgan fingerprint density at radius 1 is 1.39 bits per heavy atom. The number of likely N-dealkylation sites (tertiary alicyclic amines) is 1. The normalized spacial score (nSPS) is 23.6. The molecule has 1 aliphatic carbocycles. The number of nitrogens with one attached hydrogen (secondary N) is 2. The van der Waals surface area contributed by atoms with E-state index in [1.807, 2.05) is 11.1 Å². The molecule has 1 saturated heterocycles. The van der Waals surface area contributed by atoms with E-state index in [2.05, 4.69) is 15.5 Å². The minimum atomic E-state index is 0.117. The van der Waals surface area contributed by atoms with Crippen LogP contribution >= 0.6 is 0 Å². The lowest BCUT2D eigenvalue weighted by molar-refractivity contribution is 0.181. The van der Waals surface area contributed by atoms with Gasteiger partial charge >= 0.3 is 6.03 Å². The molecule has 2 aliphatic rings. The van der Waals surface area contributed by atoms with Crippen LogP contribution in [0.3, 0.4) is 0 Å². The second-order valence-electron chi connectivity index (χ2n) is 5.31. The van der Waals surface area contributed by atoms with Crippen LogP contribution in [0.25, 0.3) is 0 Å². The molecule has 1 aromatic heterocycles. The Morgan fingerprint density at radius 3 is 3.06 bits per heavy atom. The van der Waals surface area contributed by atoms with Crippen molar-refractivity contribution in [2.75, 3.05) is 13.1 Å². The molecule has 1 aromatic rings. The first-order valence-electron chi connectivity index (χ1n) is 6.89. The van der Waals surface area contributed by atoms with Crippen LogP contribution < -0.4 is 5.32 Å². The molecule has 2 heterocycles. The molecular formula is C13H20N4O. The lowest BCUT2D eigenvalue weighted by Gasteiger charge is -2.30. The van der Waals surface area contributed by atoms with Gasteiger partial charge in [0.25, 0.3) is 0 Å². The number of aryl methyl sites for hydroxylation is 1. The van der Waals surface area contributed by atoms with E-state index in [-0.39, 0.29) is 12.1 Å². The van der Waals surface area contributed by atoms with E-state index < -0.39 is 0 Å². The van der Waals surface area contributed by atoms with E-state index in [4.69, 9.17) is 0 Å². The molecule has 0 radical (unpaired) electrons. The molecule has 18 heavy (non-hydrogen) atoms. The molecule has 98 valence electrons. The molecule has 3 rings (SSSR count). The maximum absolute atomic E-state index is 12.1. The van der Waals surface area contributed by atoms with Crippen molar-refractivity contribution in [3.05, 3.63) is 17.5 Å². The van der Waals surface area contributed by atoms with E-state index in [0.29, 0.717) is 0 Å². The molecule has 0 saturated carbocycles. The monoisotopic (exact) mass is 248 g/mol. The fourth-order valence-corrected chi connectivity index (χ4v) is 2.90. The van der Waals surface area contributed by atoms with Gasteiger partial charge in [0.1, 0.15) is 0 Å². The van der Waals surface area contributed by atoms with Crippen molar-refractivity contribution in [2.45, 2.75) is 44.6 Å². The molecule has 5 heteroatoms. The summed E-state index contributed by atoms with van der Waals surface area (Å²) in [5, 5.41) is 10.2. The van der Waals surface area contributed by atoms with E-state index in [9.17, 15) is 4.79 Å². The summed E-state index contributed by atoms with van der Waals surface area (Å²) in [4.78, 5) is 14.1. The summed E-state index contributed by atoms with van der Waals surface area (Å²) in [6.45, 7) is 1.82. The van der Waals surface area contributed by atoms with Crippen molar-refractivity contribution in [1.29, 1.82) is 0 Å². The van der Waals surface area contributed by atoms with Gasteiger partial charge in [0.15, 0.2) is 0 Å². The molecule has 1 atom stereocenters. The Hall–Kier alpha value is -1.52. The number of rotatable bonds is 1. The van der Waals surface area contributed by atoms with Crippen molar-refractivity contribution < 1.29 is 4.79 Å². The second-order valence-corrected chi connectivity index (χ2v) is 5.31. The SMILES string of the molecule is O=C(NC1CCc2[nH]ncc2C1)N1CCCCC1. The smallest absolute Gasteiger partial charge is 0.317 e. The van der Waals surface area contributed by atoms with E-state index in [0.717, 1.165) is 45.2 Å². The van der Waals surface area contributed by atoms with Gasteiger partial charge in [0.2, 0.25) is 0 Å². The van der Waals surface area contributed by atoms with Crippen LogP contribution in [0.2, 0.25) is 0 Å². The molecule has 1 unspecified atom stereocenters. The summed E-state index contributed by atoms with van der Waals surface area (Å²) in [7, 11) is 0. The maximum atomic E-state index is 12.1. The van der Waals surface area contributed by atoms with Crippen molar-refractivity contribution >= 4 is 6.03 Å². The van der Waals surface area contributed by atoms with Crippen molar-refractivity contribution in [1.82, 2.24) is 20.4 Å². The largest absolute Gasteiger partial charge is 0.335 e. The number of carbonyl (C=O) groups is 1. The minimum Gasteiger partial charge on any atom is -0.335 e. The van der Waals surface area contributed by atoms with Crippen LogP contribution in [-0.2, 0) is 12.8 Å². The summed E-state index contributed by atoms with van der Waals surface area (Å²) < 4.78 is 0. The number of piperidine rings is 1. The number of urea groups is 1. The second kappa shape index (κ2) is 5.00. The first-order valence-corrected chi connectivity index (χ1v) is 6.89. The fourth-order valence-electron chi connectivity index (χ4n) is 2.90. The highest BCUT2D eigenvalue weighted by atomic mass is 16.2. The molecule has 0 aromatic carbocycles. The van der Waals surface area contributed by atoms with E-state index in [1.54, 1.807) is 0 Å². The molecule has 1 aliphatic heterocycles. The maximum Gasteiger partial charge on any atom is 0.317 e. The summed E-state index contributed by atoms with van der Waals surface area (Å²) in [6.07, 6.45) is 8.33. The summed E-state index contributed by atoms with van der Waals surface area (Å²) in [5.41, 5.74) is 2.49. The van der Waals surface area contributed by atoms with Gasteiger partial charge in [-0.3, -0.25) is 5.10 Å². The van der Waals surface area contributed by atoms with Crippen LogP contribution in [0.15, 0.2) is 6.20 Å². The van der Waals surface area contributed by atoms with Gasteiger partial charge < -0.3 is 10.2 Å². The molecule has 2 amide bonds. The third-order valence-corrected chi connectivity index (χ3v) is 3.99. The number of hydrogen-bond donors (Lipinski definition) is 2. The number of H-pyrrole nitrogens is 1. The topological polar surface area (TPSA) is 61.0 Å². The van der Waals surface area contributed by atoms with Gasteiger partial charge in [-0.05, 0) is 44.1 Å². The lowest BCUT2D eigenvalue weighted by Crippen LogP contribution is -2.48. The Morgan fingerprint density at radius 2 is 2.22 bits per heavy atom. The van der Waals surface area contributed by atoms with Gasteiger partial charge in [-0.15, -0.1) is 0 Å². The number of carbonyl (C=O) groups excluding carboxylic acids is 1. The zero-order chi connectivity index (χ0) is 12.4. The number of hydrogen-bond acceptors (Lipinski definition) is 2. The highest BCUT2D eigenvalue weighted by molar-refractivity contribution is 5.74. The summed E-state index contributed by atoms with van der Waals surface area (Å²) >= 11 is 0. The Balaban J connectivity index is 1.56. The minimum absolute atomic E-state index is 0.117. The van der Waals surface area contributed by atoms with E-state index >= 15 is 0 Å². The standard InChI is InChI=1S/C13H20N4O/c18-13(17-6-2-1-3-7-17)15-11-4-5-12-10(8-11)9-14-16-12/h9,11H,1-8H2,(H,14,16)(H,15,18). The number of fused-ring (bicyclic) bond motifs is 1. The number of aromatic amines is 1. The molecule has 0 spiro atoms. The summed E-state index contributed by atoms with van der Waals surface area (Å²) in [6, 6.07) is 0.385. The molecule has 0 bridgehead atoms. The predicted molar refractivity (Wildman–Crippen MR) is 68.4 cm³/mol. The van der Waals surface area contributed by atoms with Crippen LogP contribution in [0, 0.1) is 0 Å². The third-order valence-electron chi connectivity index (χ3n) is 3.99. The van der Waals surface area contributed by atoms with Crippen LogP contribution in [0.4, 0.5) is 4.79 Å². The van der Waals surface area contributed by atoms with Gasteiger partial charge in [0.05, 0.1) is 6.20 Å². The van der Waals surface area contributed by atoms with E-state index in [1.165, 1.54) is 17.7 Å². The number of aromatic nitrogens is 2. The highest BCUT2D eigenvalue weighted by Gasteiger charge is 2.24. The predicted octanol–water partition coefficient (Wildman–Crippen LogP) is 1.46. The van der Waals surface area contributed by atoms with Crippen LogP contribution in [0.1, 0.15) is 36.9 Å². The quantitative estimate of drug-likeness (QED) is 0.790. The van der Waals surface area contributed by atoms with Crippen molar-refractivity contribution in [3.63, 3.8) is 0 Å². The van der Waals surface area contributed by atoms with Gasteiger partial charge in [-0.25, -0.2) is 4.79 Å². The zero-order valence-corrected chi connectivity index (χ0v) is 10.6. The Labute approximate surface area is 107 Å². The summed E-state index contributed by atoms with van der Waals surface area (Å²) in [5.74, 6) is 0. The molecule has 1 fully saturated rings. The Kier molecular flexibility index (Phi) is 3.21. The highest BCUT2D eigenvalue weighted by Crippen LogP contribution is 2.19. The third kappa shape index (κ3) is 2.35. The average molecular weight is 248 g/mol. The molecule has 2 N–H and O–H groups in total. The van der Waals surface area contributed by atoms with Crippen LogP contribution in [0.5, 0.6) is 0 Å². The Bertz CT molecular complexity index is 422. The van der Waals surface area contributed by atoms with Gasteiger partial charge in [-0.2, -0.15) is 5.10 Å². The van der Waals surface area contributed by atoms with Gasteiger partial charge in [-0.1, -0.05) is 0 Å². The average Bonchev–Trinajstić information content (AvgIpc) is 2.87. The first kappa shape index (κ1) is 11.6. The van der Waals surface area contributed by atoms with Crippen LogP contribution in [-0.4, -0.2) is 40.3 Å². The number of nitrogens with zero attached hydrogens (tertiary/aromatic N) is 2. The lowest BCUT2D eigenvalue weighted by atomic mass is 9.94. The van der Waals surface area contributed by atoms with Crippen molar-refractivity contribution in [2.24, 2.45) is 0 Å². The molecule has 5 nitrogen and oxygen atoms in total. The fraction of sp³-hybridized carbons (Fsp3) is 0.692. The zero-order valence-electron chi connectivity index (χ0n) is 10.6. The van der Waals surface area contributed by atoms with Gasteiger partial charge in [0, 0.05) is 24.8 Å². The van der Waals surface area contributed by atoms with Crippen molar-refractivity contribution in [3.8, 4) is 0 Å². The first-order chi connectivity index (χ1) is 8.83.